The molecule has 0 unspecified atom stereocenters. The SMILES string of the molecule is NC(=O)[C@H](CNc1ccc(F)cc1)NC(=O)CCC1CCCCC1. The van der Waals surface area contributed by atoms with Crippen LogP contribution in [0.25, 0.3) is 0 Å². The Labute approximate surface area is 142 Å². The van der Waals surface area contributed by atoms with Gasteiger partial charge in [-0.2, -0.15) is 0 Å². The largest absolute Gasteiger partial charge is 0.382 e. The van der Waals surface area contributed by atoms with E-state index in [0.29, 0.717) is 18.0 Å². The van der Waals surface area contributed by atoms with E-state index in [1.54, 1.807) is 12.1 Å². The van der Waals surface area contributed by atoms with Gasteiger partial charge in [0.15, 0.2) is 0 Å². The van der Waals surface area contributed by atoms with Crippen molar-refractivity contribution in [1.29, 1.82) is 0 Å². The van der Waals surface area contributed by atoms with Crippen LogP contribution in [0, 0.1) is 11.7 Å². The van der Waals surface area contributed by atoms with Crippen LogP contribution in [-0.4, -0.2) is 24.4 Å². The van der Waals surface area contributed by atoms with Crippen molar-refractivity contribution >= 4 is 17.5 Å². The molecule has 4 N–H and O–H groups in total. The van der Waals surface area contributed by atoms with E-state index in [-0.39, 0.29) is 18.3 Å². The molecular weight excluding hydrogens is 309 g/mol. The predicted molar refractivity (Wildman–Crippen MR) is 91.8 cm³/mol. The summed E-state index contributed by atoms with van der Waals surface area (Å²) in [6.07, 6.45) is 7.46. The van der Waals surface area contributed by atoms with E-state index in [0.717, 1.165) is 6.42 Å². The first-order valence-corrected chi connectivity index (χ1v) is 8.62. The van der Waals surface area contributed by atoms with Crippen LogP contribution in [0.3, 0.4) is 0 Å². The number of hydrogen-bond acceptors (Lipinski definition) is 3. The highest BCUT2D eigenvalue weighted by atomic mass is 19.1. The minimum absolute atomic E-state index is 0.148. The van der Waals surface area contributed by atoms with Crippen molar-refractivity contribution in [1.82, 2.24) is 5.32 Å². The summed E-state index contributed by atoms with van der Waals surface area (Å²) < 4.78 is 12.9. The van der Waals surface area contributed by atoms with Crippen LogP contribution in [0.5, 0.6) is 0 Å². The third-order valence-corrected chi connectivity index (χ3v) is 4.54. The molecule has 0 radical (unpaired) electrons. The van der Waals surface area contributed by atoms with Gasteiger partial charge in [-0.05, 0) is 36.6 Å². The molecule has 24 heavy (non-hydrogen) atoms. The molecule has 1 aromatic rings. The van der Waals surface area contributed by atoms with Gasteiger partial charge in [0.2, 0.25) is 11.8 Å². The van der Waals surface area contributed by atoms with E-state index in [1.165, 1.54) is 44.2 Å². The predicted octanol–water partition coefficient (Wildman–Crippen LogP) is 2.57. The highest BCUT2D eigenvalue weighted by molar-refractivity contribution is 5.87. The zero-order valence-electron chi connectivity index (χ0n) is 13.9. The highest BCUT2D eigenvalue weighted by Crippen LogP contribution is 2.27. The summed E-state index contributed by atoms with van der Waals surface area (Å²) in [6.45, 7) is 0.177. The number of nitrogens with two attached hydrogens (primary N) is 1. The molecule has 1 aliphatic carbocycles. The van der Waals surface area contributed by atoms with Crippen molar-refractivity contribution in [2.24, 2.45) is 11.7 Å². The molecule has 0 bridgehead atoms. The van der Waals surface area contributed by atoms with Gasteiger partial charge in [0.1, 0.15) is 11.9 Å². The van der Waals surface area contributed by atoms with Crippen LogP contribution >= 0.6 is 0 Å². The van der Waals surface area contributed by atoms with Gasteiger partial charge in [0.05, 0.1) is 0 Å². The van der Waals surface area contributed by atoms with Gasteiger partial charge in [0, 0.05) is 18.7 Å². The molecule has 2 amide bonds. The smallest absolute Gasteiger partial charge is 0.241 e. The lowest BCUT2D eigenvalue weighted by atomic mass is 9.86. The quantitative estimate of drug-likeness (QED) is 0.682. The van der Waals surface area contributed by atoms with Gasteiger partial charge in [-0.15, -0.1) is 0 Å². The zero-order chi connectivity index (χ0) is 17.4. The minimum Gasteiger partial charge on any atom is -0.382 e. The number of primary amides is 1. The molecule has 0 aromatic heterocycles. The monoisotopic (exact) mass is 335 g/mol. The third kappa shape index (κ3) is 6.18. The normalized spacial score (nSPS) is 16.4. The number of amides is 2. The molecule has 1 aromatic carbocycles. The maximum Gasteiger partial charge on any atom is 0.241 e. The summed E-state index contributed by atoms with van der Waals surface area (Å²) in [6, 6.07) is 5.00. The zero-order valence-corrected chi connectivity index (χ0v) is 13.9. The number of carbonyl (C=O) groups excluding carboxylic acids is 2. The van der Waals surface area contributed by atoms with Gasteiger partial charge in [-0.1, -0.05) is 32.1 Å². The molecule has 0 aliphatic heterocycles. The summed E-state index contributed by atoms with van der Waals surface area (Å²) >= 11 is 0. The maximum atomic E-state index is 12.9. The van der Waals surface area contributed by atoms with Crippen molar-refractivity contribution < 1.29 is 14.0 Å². The Morgan fingerprint density at radius 2 is 1.83 bits per heavy atom. The summed E-state index contributed by atoms with van der Waals surface area (Å²) in [5.74, 6) is -0.446. The Morgan fingerprint density at radius 3 is 2.46 bits per heavy atom. The Hall–Kier alpha value is -2.11. The van der Waals surface area contributed by atoms with Crippen molar-refractivity contribution in [3.05, 3.63) is 30.1 Å². The van der Waals surface area contributed by atoms with Gasteiger partial charge in [-0.3, -0.25) is 9.59 Å². The first-order valence-electron chi connectivity index (χ1n) is 8.62. The van der Waals surface area contributed by atoms with Crippen molar-refractivity contribution in [2.45, 2.75) is 51.0 Å². The van der Waals surface area contributed by atoms with Crippen LogP contribution in [0.4, 0.5) is 10.1 Å². The van der Waals surface area contributed by atoms with Gasteiger partial charge in [-0.25, -0.2) is 4.39 Å². The number of rotatable bonds is 8. The molecule has 0 heterocycles. The number of anilines is 1. The molecule has 6 heteroatoms. The second-order valence-electron chi connectivity index (χ2n) is 6.45. The van der Waals surface area contributed by atoms with E-state index in [4.69, 9.17) is 5.73 Å². The first kappa shape index (κ1) is 18.2. The fraction of sp³-hybridized carbons (Fsp3) is 0.556. The highest BCUT2D eigenvalue weighted by Gasteiger charge is 2.19. The fourth-order valence-corrected chi connectivity index (χ4v) is 3.09. The molecule has 5 nitrogen and oxygen atoms in total. The Kier molecular flexibility index (Phi) is 7.03. The van der Waals surface area contributed by atoms with E-state index in [2.05, 4.69) is 10.6 Å². The lowest BCUT2D eigenvalue weighted by Crippen LogP contribution is -2.48. The van der Waals surface area contributed by atoms with Crippen molar-refractivity contribution in [3.8, 4) is 0 Å². The second-order valence-corrected chi connectivity index (χ2v) is 6.45. The first-order chi connectivity index (χ1) is 11.5. The van der Waals surface area contributed by atoms with Gasteiger partial charge >= 0.3 is 0 Å². The minimum atomic E-state index is -0.783. The Morgan fingerprint density at radius 1 is 1.17 bits per heavy atom. The molecule has 1 saturated carbocycles. The van der Waals surface area contributed by atoms with Gasteiger partial charge in [0.25, 0.3) is 0 Å². The van der Waals surface area contributed by atoms with Crippen LogP contribution in [0.1, 0.15) is 44.9 Å². The number of benzene rings is 1. The maximum absolute atomic E-state index is 12.9. The van der Waals surface area contributed by atoms with E-state index < -0.39 is 11.9 Å². The van der Waals surface area contributed by atoms with E-state index >= 15 is 0 Å². The summed E-state index contributed by atoms with van der Waals surface area (Å²) in [5, 5.41) is 5.67. The van der Waals surface area contributed by atoms with Crippen molar-refractivity contribution in [2.75, 3.05) is 11.9 Å². The van der Waals surface area contributed by atoms with Crippen LogP contribution in [0.2, 0.25) is 0 Å². The standard InChI is InChI=1S/C18H26FN3O2/c19-14-7-9-15(10-8-14)21-12-16(18(20)24)22-17(23)11-6-13-4-2-1-3-5-13/h7-10,13,16,21H,1-6,11-12H2,(H2,20,24)(H,22,23)/t16-/m0/s1. The molecule has 2 rings (SSSR count). The van der Waals surface area contributed by atoms with Gasteiger partial charge < -0.3 is 16.4 Å². The molecule has 132 valence electrons. The molecular formula is C18H26FN3O2. The van der Waals surface area contributed by atoms with E-state index in [9.17, 15) is 14.0 Å². The Balaban J connectivity index is 1.76. The van der Waals surface area contributed by atoms with Crippen LogP contribution in [0.15, 0.2) is 24.3 Å². The summed E-state index contributed by atoms with van der Waals surface area (Å²) in [7, 11) is 0. The van der Waals surface area contributed by atoms with Crippen LogP contribution < -0.4 is 16.4 Å². The average Bonchev–Trinajstić information content (AvgIpc) is 2.59. The lowest BCUT2D eigenvalue weighted by molar-refractivity contribution is -0.127. The van der Waals surface area contributed by atoms with Crippen LogP contribution in [-0.2, 0) is 9.59 Å². The van der Waals surface area contributed by atoms with E-state index in [1.807, 2.05) is 0 Å². The number of halogens is 1. The number of carbonyl (C=O) groups is 2. The Bertz CT molecular complexity index is 542. The molecule has 1 fully saturated rings. The molecule has 1 atom stereocenters. The molecule has 0 saturated heterocycles. The topological polar surface area (TPSA) is 84.2 Å². The summed E-state index contributed by atoms with van der Waals surface area (Å²) in [5.41, 5.74) is 6.02. The average molecular weight is 335 g/mol. The lowest BCUT2D eigenvalue weighted by Gasteiger charge is -2.22. The molecule has 1 aliphatic rings. The molecule has 0 spiro atoms. The fourth-order valence-electron chi connectivity index (χ4n) is 3.09. The second kappa shape index (κ2) is 9.25. The summed E-state index contributed by atoms with van der Waals surface area (Å²) in [4.78, 5) is 23.6. The van der Waals surface area contributed by atoms with Crippen molar-refractivity contribution in [3.63, 3.8) is 0 Å². The number of hydrogen-bond donors (Lipinski definition) is 3. The number of nitrogens with one attached hydrogen (secondary N) is 2. The third-order valence-electron chi connectivity index (χ3n) is 4.54.